The van der Waals surface area contributed by atoms with Gasteiger partial charge in [0, 0.05) is 17.8 Å². The first-order chi connectivity index (χ1) is 11.9. The van der Waals surface area contributed by atoms with Gasteiger partial charge in [-0.1, -0.05) is 25.1 Å². The molecule has 1 N–H and O–H groups in total. The number of hydrogen-bond donors (Lipinski definition) is 1. The Morgan fingerprint density at radius 1 is 1.20 bits per heavy atom. The number of ether oxygens (including phenoxy) is 1. The predicted molar refractivity (Wildman–Crippen MR) is 92.4 cm³/mol. The molecule has 0 radical (unpaired) electrons. The first-order valence-corrected chi connectivity index (χ1v) is 7.76. The van der Waals surface area contributed by atoms with Gasteiger partial charge in [0.1, 0.15) is 0 Å². The van der Waals surface area contributed by atoms with Crippen molar-refractivity contribution in [1.82, 2.24) is 0 Å². The van der Waals surface area contributed by atoms with Crippen LogP contribution < -0.4 is 5.32 Å². The fourth-order valence-corrected chi connectivity index (χ4v) is 2.10. The second-order valence-corrected chi connectivity index (χ2v) is 5.39. The number of nitrogens with zero attached hydrogens (tertiary/aromatic N) is 1. The van der Waals surface area contributed by atoms with Crippen molar-refractivity contribution in [2.24, 2.45) is 0 Å². The molecule has 0 aliphatic carbocycles. The summed E-state index contributed by atoms with van der Waals surface area (Å²) in [5.41, 5.74) is 1.56. The summed E-state index contributed by atoms with van der Waals surface area (Å²) in [6.45, 7) is 3.44. The Balaban J connectivity index is 1.98. The number of nitro benzene ring substituents is 1. The van der Waals surface area contributed by atoms with Crippen LogP contribution in [0.2, 0.25) is 0 Å². The number of aryl methyl sites for hydroxylation is 1. The zero-order valence-corrected chi connectivity index (χ0v) is 13.9. The molecule has 7 heteroatoms. The van der Waals surface area contributed by atoms with Gasteiger partial charge in [0.25, 0.3) is 11.6 Å². The van der Waals surface area contributed by atoms with Gasteiger partial charge in [0.2, 0.25) is 0 Å². The number of esters is 1. The molecule has 0 saturated carbocycles. The van der Waals surface area contributed by atoms with Crippen molar-refractivity contribution in [3.63, 3.8) is 0 Å². The van der Waals surface area contributed by atoms with Crippen molar-refractivity contribution in [2.75, 3.05) is 5.32 Å². The van der Waals surface area contributed by atoms with E-state index < -0.39 is 22.9 Å². The van der Waals surface area contributed by atoms with Crippen molar-refractivity contribution in [1.29, 1.82) is 0 Å². The van der Waals surface area contributed by atoms with Gasteiger partial charge in [-0.2, -0.15) is 0 Å². The Morgan fingerprint density at radius 2 is 1.88 bits per heavy atom. The quantitative estimate of drug-likeness (QED) is 0.493. The molecule has 0 fully saturated rings. The number of non-ortho nitro benzene ring substituents is 1. The molecule has 130 valence electrons. The van der Waals surface area contributed by atoms with E-state index in [2.05, 4.69) is 5.32 Å². The number of hydrogen-bond acceptors (Lipinski definition) is 5. The summed E-state index contributed by atoms with van der Waals surface area (Å²) in [7, 11) is 0. The van der Waals surface area contributed by atoms with E-state index in [4.69, 9.17) is 4.74 Å². The van der Waals surface area contributed by atoms with Gasteiger partial charge in [-0.3, -0.25) is 14.9 Å². The van der Waals surface area contributed by atoms with Gasteiger partial charge in [-0.15, -0.1) is 0 Å². The Bertz CT molecular complexity index is 786. The van der Waals surface area contributed by atoms with Crippen LogP contribution in [0.3, 0.4) is 0 Å². The Hall–Kier alpha value is -3.22. The normalized spacial score (nSPS) is 11.4. The molecule has 0 aliphatic heterocycles. The standard InChI is InChI=1S/C18H18N2O5/c1-3-13-7-9-14(10-8-13)18(22)25-12(2)17(21)19-15-5-4-6-16(11-15)20(23)24/h4-12H,3H2,1-2H3,(H,19,21)/t12-/m0/s1. The topological polar surface area (TPSA) is 98.5 Å². The highest BCUT2D eigenvalue weighted by atomic mass is 16.6. The summed E-state index contributed by atoms with van der Waals surface area (Å²) in [4.78, 5) is 34.4. The zero-order chi connectivity index (χ0) is 18.4. The van der Waals surface area contributed by atoms with E-state index in [-0.39, 0.29) is 11.4 Å². The fourth-order valence-electron chi connectivity index (χ4n) is 2.10. The van der Waals surface area contributed by atoms with E-state index in [0.29, 0.717) is 5.56 Å². The molecule has 25 heavy (non-hydrogen) atoms. The first kappa shape index (κ1) is 18.1. The van der Waals surface area contributed by atoms with Crippen molar-refractivity contribution >= 4 is 23.3 Å². The van der Waals surface area contributed by atoms with Crippen molar-refractivity contribution in [2.45, 2.75) is 26.4 Å². The van der Waals surface area contributed by atoms with Gasteiger partial charge < -0.3 is 10.1 Å². The van der Waals surface area contributed by atoms with E-state index in [1.165, 1.54) is 31.2 Å². The number of nitro groups is 1. The molecule has 1 amide bonds. The number of rotatable bonds is 6. The molecule has 7 nitrogen and oxygen atoms in total. The van der Waals surface area contributed by atoms with Crippen LogP contribution in [0.1, 0.15) is 29.8 Å². The molecule has 0 bridgehead atoms. The summed E-state index contributed by atoms with van der Waals surface area (Å²) < 4.78 is 5.14. The van der Waals surface area contributed by atoms with Crippen LogP contribution in [-0.2, 0) is 16.0 Å². The van der Waals surface area contributed by atoms with Gasteiger partial charge >= 0.3 is 5.97 Å². The van der Waals surface area contributed by atoms with E-state index >= 15 is 0 Å². The monoisotopic (exact) mass is 342 g/mol. The lowest BCUT2D eigenvalue weighted by molar-refractivity contribution is -0.384. The smallest absolute Gasteiger partial charge is 0.338 e. The molecule has 0 heterocycles. The van der Waals surface area contributed by atoms with Crippen molar-refractivity contribution < 1.29 is 19.2 Å². The number of nitrogens with one attached hydrogen (secondary N) is 1. The maximum absolute atomic E-state index is 12.1. The van der Waals surface area contributed by atoms with Crippen LogP contribution in [0.5, 0.6) is 0 Å². The van der Waals surface area contributed by atoms with Gasteiger partial charge in [-0.25, -0.2) is 4.79 Å². The van der Waals surface area contributed by atoms with Crippen LogP contribution in [0, 0.1) is 10.1 Å². The minimum absolute atomic E-state index is 0.140. The van der Waals surface area contributed by atoms with E-state index in [9.17, 15) is 19.7 Å². The molecular weight excluding hydrogens is 324 g/mol. The van der Waals surface area contributed by atoms with Crippen LogP contribution in [0.25, 0.3) is 0 Å². The lowest BCUT2D eigenvalue weighted by Gasteiger charge is -2.13. The molecule has 2 aromatic rings. The van der Waals surface area contributed by atoms with Crippen LogP contribution in [0.15, 0.2) is 48.5 Å². The maximum atomic E-state index is 12.1. The average Bonchev–Trinajstić information content (AvgIpc) is 2.61. The highest BCUT2D eigenvalue weighted by Gasteiger charge is 2.19. The van der Waals surface area contributed by atoms with E-state index in [1.807, 2.05) is 19.1 Å². The van der Waals surface area contributed by atoms with Gasteiger partial charge in [0.15, 0.2) is 6.10 Å². The molecule has 1 atom stereocenters. The molecule has 2 aromatic carbocycles. The predicted octanol–water partition coefficient (Wildman–Crippen LogP) is 3.34. The van der Waals surface area contributed by atoms with Crippen LogP contribution in [-0.4, -0.2) is 22.9 Å². The largest absolute Gasteiger partial charge is 0.449 e. The third-order valence-electron chi connectivity index (χ3n) is 3.58. The lowest BCUT2D eigenvalue weighted by atomic mass is 10.1. The zero-order valence-electron chi connectivity index (χ0n) is 13.9. The molecule has 2 rings (SSSR count). The third-order valence-corrected chi connectivity index (χ3v) is 3.58. The Morgan fingerprint density at radius 3 is 2.48 bits per heavy atom. The average molecular weight is 342 g/mol. The summed E-state index contributed by atoms with van der Waals surface area (Å²) in [6.07, 6.45) is -0.185. The van der Waals surface area contributed by atoms with Crippen molar-refractivity contribution in [3.8, 4) is 0 Å². The summed E-state index contributed by atoms with van der Waals surface area (Å²) in [5.74, 6) is -1.18. The first-order valence-electron chi connectivity index (χ1n) is 7.76. The van der Waals surface area contributed by atoms with E-state index in [0.717, 1.165) is 12.0 Å². The second-order valence-electron chi connectivity index (χ2n) is 5.39. The van der Waals surface area contributed by atoms with Gasteiger partial charge in [0.05, 0.1) is 10.5 Å². The molecule has 0 spiro atoms. The summed E-state index contributed by atoms with van der Waals surface area (Å²) in [6, 6.07) is 12.5. The van der Waals surface area contributed by atoms with Crippen LogP contribution in [0.4, 0.5) is 11.4 Å². The number of anilines is 1. The molecular formula is C18H18N2O5. The van der Waals surface area contributed by atoms with Crippen LogP contribution >= 0.6 is 0 Å². The van der Waals surface area contributed by atoms with Gasteiger partial charge in [-0.05, 0) is 37.1 Å². The lowest BCUT2D eigenvalue weighted by Crippen LogP contribution is -2.30. The Kier molecular flexibility index (Phi) is 5.84. The number of benzene rings is 2. The summed E-state index contributed by atoms with van der Waals surface area (Å²) >= 11 is 0. The molecule has 0 aromatic heterocycles. The maximum Gasteiger partial charge on any atom is 0.338 e. The molecule has 0 saturated heterocycles. The minimum atomic E-state index is -1.04. The minimum Gasteiger partial charge on any atom is -0.449 e. The fraction of sp³-hybridized carbons (Fsp3) is 0.222. The second kappa shape index (κ2) is 8.05. The summed E-state index contributed by atoms with van der Waals surface area (Å²) in [5, 5.41) is 13.2. The number of amides is 1. The number of carbonyl (C=O) groups excluding carboxylic acids is 2. The third kappa shape index (κ3) is 4.87. The highest BCUT2D eigenvalue weighted by Crippen LogP contribution is 2.17. The van der Waals surface area contributed by atoms with E-state index in [1.54, 1.807) is 12.1 Å². The highest BCUT2D eigenvalue weighted by molar-refractivity contribution is 5.97. The molecule has 0 aliphatic rings. The Labute approximate surface area is 144 Å². The van der Waals surface area contributed by atoms with Crippen molar-refractivity contribution in [3.05, 3.63) is 69.8 Å². The SMILES string of the molecule is CCc1ccc(C(=O)O[C@@H](C)C(=O)Nc2cccc([N+](=O)[O-])c2)cc1. The molecule has 0 unspecified atom stereocenters. The number of carbonyl (C=O) groups is 2.